The summed E-state index contributed by atoms with van der Waals surface area (Å²) in [6, 6.07) is 15.3. The van der Waals surface area contributed by atoms with E-state index in [0.717, 1.165) is 17.0 Å². The van der Waals surface area contributed by atoms with Gasteiger partial charge < -0.3 is 19.1 Å². The third-order valence-electron chi connectivity index (χ3n) is 8.19. The van der Waals surface area contributed by atoms with Gasteiger partial charge in [-0.2, -0.15) is 23.4 Å². The van der Waals surface area contributed by atoms with Crippen molar-refractivity contribution in [1.29, 1.82) is 5.26 Å². The maximum atomic E-state index is 15.9. The Kier molecular flexibility index (Phi) is 8.72. The summed E-state index contributed by atoms with van der Waals surface area (Å²) in [7, 11) is 0. The van der Waals surface area contributed by atoms with Crippen LogP contribution in [0.3, 0.4) is 0 Å². The molecule has 2 aliphatic rings. The minimum Gasteiger partial charge on any atom is -0.467 e. The number of thiocarbonyl (C=S) groups is 1. The molecule has 1 aromatic heterocycles. The van der Waals surface area contributed by atoms with E-state index in [0.29, 0.717) is 18.1 Å². The highest BCUT2D eigenvalue weighted by atomic mass is 32.1. The van der Waals surface area contributed by atoms with Crippen LogP contribution in [0.5, 0.6) is 5.88 Å². The number of carbonyl (C=O) groups is 2. The van der Waals surface area contributed by atoms with E-state index in [-0.39, 0.29) is 52.3 Å². The fourth-order valence-electron chi connectivity index (χ4n) is 5.69. The van der Waals surface area contributed by atoms with Crippen LogP contribution in [-0.4, -0.2) is 57.9 Å². The zero-order chi connectivity index (χ0) is 35.2. The van der Waals surface area contributed by atoms with Gasteiger partial charge in [0.05, 0.1) is 47.0 Å². The lowest BCUT2D eigenvalue weighted by Gasteiger charge is -2.30. The second-order valence-corrected chi connectivity index (χ2v) is 12.1. The first kappa shape index (κ1) is 33.7. The molecule has 4 aromatic rings. The molecule has 2 aliphatic heterocycles. The Labute approximate surface area is 282 Å². The minimum absolute atomic E-state index is 0.0353. The molecule has 252 valence electrons. The second-order valence-electron chi connectivity index (χ2n) is 11.8. The van der Waals surface area contributed by atoms with E-state index in [2.05, 4.69) is 9.97 Å². The molecule has 0 radical (unpaired) electrons. The first-order valence-corrected chi connectivity index (χ1v) is 15.5. The third-order valence-corrected chi connectivity index (χ3v) is 8.55. The normalized spacial score (nSPS) is 19.0. The maximum Gasteiger partial charge on any atom is 0.417 e. The van der Waals surface area contributed by atoms with E-state index < -0.39 is 52.7 Å². The molecular weight excluding hydrogens is 666 g/mol. The molecule has 3 heterocycles. The van der Waals surface area contributed by atoms with Crippen molar-refractivity contribution >= 4 is 51.5 Å². The molecule has 0 spiro atoms. The molecular formula is C34H27F4N5O5S. The molecule has 10 nitrogen and oxygen atoms in total. The van der Waals surface area contributed by atoms with Gasteiger partial charge in [-0.25, -0.2) is 14.2 Å². The van der Waals surface area contributed by atoms with Crippen molar-refractivity contribution in [3.63, 3.8) is 0 Å². The van der Waals surface area contributed by atoms with Crippen LogP contribution >= 0.6 is 12.2 Å². The number of benzene rings is 3. The average molecular weight is 694 g/mol. The number of rotatable bonds is 7. The molecule has 15 heteroatoms. The first-order valence-electron chi connectivity index (χ1n) is 15.0. The van der Waals surface area contributed by atoms with Crippen molar-refractivity contribution < 1.29 is 41.4 Å². The Morgan fingerprint density at radius 2 is 1.80 bits per heavy atom. The number of ether oxygens (including phenoxy) is 3. The number of alkyl halides is 3. The van der Waals surface area contributed by atoms with Crippen molar-refractivity contribution in [2.75, 3.05) is 23.0 Å². The number of esters is 1. The summed E-state index contributed by atoms with van der Waals surface area (Å²) in [6.07, 6.45) is -6.18. The number of fused-ring (bicyclic) bond motifs is 1. The Hall–Kier alpha value is -5.20. The second kappa shape index (κ2) is 12.7. The topological polar surface area (TPSA) is 118 Å². The predicted octanol–water partition coefficient (Wildman–Crippen LogP) is 6.14. The van der Waals surface area contributed by atoms with Gasteiger partial charge in [0.1, 0.15) is 16.9 Å². The molecule has 0 saturated carbocycles. The van der Waals surface area contributed by atoms with Crippen molar-refractivity contribution in [3.8, 4) is 11.9 Å². The zero-order valence-electron chi connectivity index (χ0n) is 26.2. The quantitative estimate of drug-likeness (QED) is 0.127. The molecule has 3 aromatic carbocycles. The van der Waals surface area contributed by atoms with Gasteiger partial charge in [-0.05, 0) is 68.5 Å². The van der Waals surface area contributed by atoms with Crippen molar-refractivity contribution in [1.82, 2.24) is 9.97 Å². The SMILES string of the molecule is CCc1nc(OC2COC[C@H]2OC(=O)c2ccccc2)c2cc(N3C(=S)N(c4ccc(C#N)c(C(F)(F)F)c4)C(=O)C3(C)C)cc(F)c2n1. The smallest absolute Gasteiger partial charge is 0.417 e. The summed E-state index contributed by atoms with van der Waals surface area (Å²) in [5.74, 6) is -1.83. The van der Waals surface area contributed by atoms with E-state index in [4.69, 9.17) is 26.4 Å². The number of nitriles is 1. The number of hydrogen-bond acceptors (Lipinski definition) is 9. The van der Waals surface area contributed by atoms with Crippen molar-refractivity contribution in [3.05, 3.63) is 89.0 Å². The summed E-state index contributed by atoms with van der Waals surface area (Å²) < 4.78 is 74.8. The van der Waals surface area contributed by atoms with Crippen LogP contribution < -0.4 is 14.5 Å². The van der Waals surface area contributed by atoms with Crippen LogP contribution in [0, 0.1) is 17.1 Å². The van der Waals surface area contributed by atoms with E-state index in [1.807, 2.05) is 0 Å². The highest BCUT2D eigenvalue weighted by Gasteiger charge is 2.51. The lowest BCUT2D eigenvalue weighted by atomic mass is 10.0. The van der Waals surface area contributed by atoms with Crippen LogP contribution in [0.2, 0.25) is 0 Å². The molecule has 2 fully saturated rings. The van der Waals surface area contributed by atoms with E-state index in [1.165, 1.54) is 36.9 Å². The molecule has 0 bridgehead atoms. The largest absolute Gasteiger partial charge is 0.467 e. The number of carbonyl (C=O) groups excluding carboxylic acids is 2. The van der Waals surface area contributed by atoms with Gasteiger partial charge in [0.2, 0.25) is 5.88 Å². The minimum atomic E-state index is -4.88. The van der Waals surface area contributed by atoms with Gasteiger partial charge in [-0.15, -0.1) is 0 Å². The van der Waals surface area contributed by atoms with Gasteiger partial charge in [0, 0.05) is 12.1 Å². The van der Waals surface area contributed by atoms with Crippen LogP contribution in [0.15, 0.2) is 60.7 Å². The standard InChI is InChI=1S/C34H27F4N5O5S/c1-4-27-40-28-22(29(41-27)47-25-16-46-17-26(25)48-30(44)18-8-6-5-7-9-18)12-21(14-24(28)35)43-32(49)42(31(45)33(43,2)3)20-11-10-19(15-39)23(13-20)34(36,37)38/h5-14,25-26H,4,16-17H2,1-3H3/t25?,26-/m1/s1. The van der Waals surface area contributed by atoms with Crippen LogP contribution in [0.4, 0.5) is 28.9 Å². The van der Waals surface area contributed by atoms with Crippen molar-refractivity contribution in [2.24, 2.45) is 0 Å². The van der Waals surface area contributed by atoms with Crippen molar-refractivity contribution in [2.45, 2.75) is 51.1 Å². The van der Waals surface area contributed by atoms with Crippen LogP contribution in [0.1, 0.15) is 48.1 Å². The summed E-state index contributed by atoms with van der Waals surface area (Å²) in [4.78, 5) is 37.6. The predicted molar refractivity (Wildman–Crippen MR) is 173 cm³/mol. The van der Waals surface area contributed by atoms with Crippen LogP contribution in [-0.2, 0) is 26.9 Å². The van der Waals surface area contributed by atoms with Gasteiger partial charge in [0.15, 0.2) is 23.1 Å². The summed E-state index contributed by atoms with van der Waals surface area (Å²) >= 11 is 5.63. The Balaban J connectivity index is 1.38. The number of aromatic nitrogens is 2. The van der Waals surface area contributed by atoms with Crippen LogP contribution in [0.25, 0.3) is 10.9 Å². The number of nitrogens with zero attached hydrogens (tertiary/aromatic N) is 5. The number of anilines is 2. The van der Waals surface area contributed by atoms with E-state index >= 15 is 4.39 Å². The summed E-state index contributed by atoms with van der Waals surface area (Å²) in [5, 5.41) is 9.11. The molecule has 0 aliphatic carbocycles. The van der Waals surface area contributed by atoms with E-state index in [1.54, 1.807) is 37.3 Å². The fraction of sp³-hybridized carbons (Fsp3) is 0.294. The third kappa shape index (κ3) is 6.13. The lowest BCUT2D eigenvalue weighted by Crippen LogP contribution is -2.44. The summed E-state index contributed by atoms with van der Waals surface area (Å²) in [6.45, 7) is 4.85. The number of hydrogen-bond donors (Lipinski definition) is 0. The fourth-order valence-corrected chi connectivity index (χ4v) is 6.21. The number of aryl methyl sites for hydroxylation is 1. The average Bonchev–Trinajstić information content (AvgIpc) is 3.57. The molecule has 1 unspecified atom stereocenters. The Morgan fingerprint density at radius 3 is 2.47 bits per heavy atom. The Morgan fingerprint density at radius 1 is 1.08 bits per heavy atom. The highest BCUT2D eigenvalue weighted by molar-refractivity contribution is 7.81. The molecule has 1 amide bonds. The molecule has 6 rings (SSSR count). The maximum absolute atomic E-state index is 15.9. The highest BCUT2D eigenvalue weighted by Crippen LogP contribution is 2.41. The van der Waals surface area contributed by atoms with E-state index in [9.17, 15) is 28.0 Å². The monoisotopic (exact) mass is 693 g/mol. The number of amides is 1. The summed E-state index contributed by atoms with van der Waals surface area (Å²) in [5.41, 5.74) is -3.23. The Bertz CT molecular complexity index is 2040. The molecule has 0 N–H and O–H groups in total. The molecule has 49 heavy (non-hydrogen) atoms. The zero-order valence-corrected chi connectivity index (χ0v) is 27.1. The first-order chi connectivity index (χ1) is 23.2. The molecule has 2 saturated heterocycles. The number of halogens is 4. The van der Waals surface area contributed by atoms with Gasteiger partial charge in [0.25, 0.3) is 5.91 Å². The van der Waals surface area contributed by atoms with Gasteiger partial charge in [-0.1, -0.05) is 25.1 Å². The van der Waals surface area contributed by atoms with Gasteiger partial charge in [-0.3, -0.25) is 9.69 Å². The molecule has 2 atom stereocenters. The lowest BCUT2D eigenvalue weighted by molar-refractivity contribution is -0.137. The van der Waals surface area contributed by atoms with Gasteiger partial charge >= 0.3 is 12.1 Å².